The lowest BCUT2D eigenvalue weighted by Crippen LogP contribution is -2.43. The largest absolute Gasteiger partial charge is 0.349 e. The molecule has 3 N–H and O–H groups in total. The van der Waals surface area contributed by atoms with Crippen LogP contribution in [-0.2, 0) is 6.54 Å². The fourth-order valence-corrected chi connectivity index (χ4v) is 5.80. The van der Waals surface area contributed by atoms with Crippen LogP contribution in [0.1, 0.15) is 44.7 Å². The summed E-state index contributed by atoms with van der Waals surface area (Å²) in [5.74, 6) is -2.47. The summed E-state index contributed by atoms with van der Waals surface area (Å²) in [4.78, 5) is 53.5. The van der Waals surface area contributed by atoms with E-state index in [1.807, 2.05) is 24.3 Å². The zero-order valence-electron chi connectivity index (χ0n) is 27.0. The Labute approximate surface area is 291 Å². The van der Waals surface area contributed by atoms with Crippen molar-refractivity contribution in [3.8, 4) is 0 Å². The number of anilines is 2. The Kier molecular flexibility index (Phi) is 10.5. The number of hydrogen-bond donors (Lipinski definition) is 3. The SMILES string of the molecule is CN1CCC(NC(=O)c2ccc(Nc3ncc4cc(C=CCNC(=O)c5cncn(Cc6ccc(F)c(F)c6)c5=O)ccc4n3)cc2Cl)CC1. The minimum Gasteiger partial charge on any atom is -0.349 e. The highest BCUT2D eigenvalue weighted by atomic mass is 35.5. The Balaban J connectivity index is 1.03. The topological polar surface area (TPSA) is 134 Å². The van der Waals surface area contributed by atoms with Crippen LogP contribution >= 0.6 is 11.6 Å². The molecule has 50 heavy (non-hydrogen) atoms. The smallest absolute Gasteiger partial charge is 0.266 e. The highest BCUT2D eigenvalue weighted by Crippen LogP contribution is 2.24. The van der Waals surface area contributed by atoms with E-state index in [4.69, 9.17) is 11.6 Å². The van der Waals surface area contributed by atoms with Gasteiger partial charge in [-0.3, -0.25) is 19.0 Å². The quantitative estimate of drug-likeness (QED) is 0.182. The van der Waals surface area contributed by atoms with Gasteiger partial charge in [0.05, 0.1) is 29.0 Å². The second-order valence-electron chi connectivity index (χ2n) is 12.0. The first kappa shape index (κ1) is 34.3. The third-order valence-corrected chi connectivity index (χ3v) is 8.61. The molecule has 6 rings (SSSR count). The van der Waals surface area contributed by atoms with Crippen molar-refractivity contribution in [1.82, 2.24) is 35.1 Å². The van der Waals surface area contributed by atoms with Crippen molar-refractivity contribution in [1.29, 1.82) is 0 Å². The summed E-state index contributed by atoms with van der Waals surface area (Å²) < 4.78 is 28.0. The number of fused-ring (bicyclic) bond motifs is 1. The van der Waals surface area contributed by atoms with Gasteiger partial charge in [0.2, 0.25) is 5.95 Å². The van der Waals surface area contributed by atoms with Gasteiger partial charge in [-0.05, 0) is 86.6 Å². The van der Waals surface area contributed by atoms with Gasteiger partial charge in [0.1, 0.15) is 5.56 Å². The summed E-state index contributed by atoms with van der Waals surface area (Å²) >= 11 is 6.48. The first-order valence-electron chi connectivity index (χ1n) is 15.9. The fourth-order valence-electron chi connectivity index (χ4n) is 5.53. The van der Waals surface area contributed by atoms with Crippen LogP contribution in [0.25, 0.3) is 17.0 Å². The summed E-state index contributed by atoms with van der Waals surface area (Å²) in [6.45, 7) is 1.95. The highest BCUT2D eigenvalue weighted by molar-refractivity contribution is 6.34. The minimum atomic E-state index is -1.03. The number of rotatable bonds is 10. The number of likely N-dealkylation sites (tertiary alicyclic amines) is 1. The molecule has 1 aliphatic heterocycles. The van der Waals surface area contributed by atoms with Gasteiger partial charge in [-0.2, -0.15) is 0 Å². The predicted molar refractivity (Wildman–Crippen MR) is 188 cm³/mol. The maximum Gasteiger partial charge on any atom is 0.266 e. The van der Waals surface area contributed by atoms with Crippen LogP contribution in [-0.4, -0.2) is 69.0 Å². The van der Waals surface area contributed by atoms with Gasteiger partial charge in [-0.15, -0.1) is 0 Å². The molecular formula is C36H33ClF2N8O3. The van der Waals surface area contributed by atoms with E-state index < -0.39 is 23.1 Å². The number of carbonyl (C=O) groups excluding carboxylic acids is 2. The van der Waals surface area contributed by atoms with Gasteiger partial charge >= 0.3 is 0 Å². The van der Waals surface area contributed by atoms with Crippen LogP contribution in [0.4, 0.5) is 20.4 Å². The number of nitrogens with zero attached hydrogens (tertiary/aromatic N) is 5. The van der Waals surface area contributed by atoms with Gasteiger partial charge in [-0.25, -0.2) is 23.7 Å². The Hall–Kier alpha value is -5.53. The summed E-state index contributed by atoms with van der Waals surface area (Å²) in [7, 11) is 2.07. The molecule has 1 aliphatic rings. The molecule has 0 atom stereocenters. The lowest BCUT2D eigenvalue weighted by Gasteiger charge is -2.29. The van der Waals surface area contributed by atoms with E-state index in [0.717, 1.165) is 59.8 Å². The number of carbonyl (C=O) groups is 2. The number of hydrogen-bond acceptors (Lipinski definition) is 8. The maximum absolute atomic E-state index is 13.6. The summed E-state index contributed by atoms with van der Waals surface area (Å²) in [6, 6.07) is 14.2. The predicted octanol–water partition coefficient (Wildman–Crippen LogP) is 5.18. The van der Waals surface area contributed by atoms with Crippen LogP contribution in [0, 0.1) is 11.6 Å². The lowest BCUT2D eigenvalue weighted by atomic mass is 10.0. The second-order valence-corrected chi connectivity index (χ2v) is 12.4. The maximum atomic E-state index is 13.6. The zero-order valence-corrected chi connectivity index (χ0v) is 27.8. The molecule has 2 aromatic heterocycles. The molecule has 0 spiro atoms. The molecule has 1 saturated heterocycles. The molecule has 256 valence electrons. The Morgan fingerprint density at radius 2 is 1.80 bits per heavy atom. The molecule has 3 aromatic carbocycles. The van der Waals surface area contributed by atoms with Gasteiger partial charge in [0.25, 0.3) is 17.4 Å². The van der Waals surface area contributed by atoms with Gasteiger partial charge in [0.15, 0.2) is 11.6 Å². The number of benzene rings is 3. The van der Waals surface area contributed by atoms with Crippen molar-refractivity contribution in [2.75, 3.05) is 32.0 Å². The molecule has 14 heteroatoms. The average molecular weight is 699 g/mol. The first-order chi connectivity index (χ1) is 24.1. The van der Waals surface area contributed by atoms with E-state index in [-0.39, 0.29) is 30.6 Å². The normalized spacial score (nSPS) is 13.8. The van der Waals surface area contributed by atoms with Crippen LogP contribution in [0.5, 0.6) is 0 Å². The lowest BCUT2D eigenvalue weighted by molar-refractivity contribution is 0.0915. The highest BCUT2D eigenvalue weighted by Gasteiger charge is 2.20. The van der Waals surface area contributed by atoms with E-state index in [0.29, 0.717) is 33.3 Å². The standard InChI is InChI=1S/C36H33ClF2N8O3/c1-46-13-10-25(11-14-46)43-34(49)27-7-6-26(17-29(27)37)44-36-42-18-24-15-22(5-9-32(24)45-36)3-2-12-41-33(48)28-19-40-21-47(35(28)50)20-23-4-8-30(38)31(39)16-23/h2-9,15-19,21,25H,10-14,20H2,1H3,(H,41,48)(H,43,49)(H,42,44,45). The summed E-state index contributed by atoms with van der Waals surface area (Å²) in [6.07, 6.45) is 9.42. The third-order valence-electron chi connectivity index (χ3n) is 8.30. The van der Waals surface area contributed by atoms with E-state index in [9.17, 15) is 23.2 Å². The average Bonchev–Trinajstić information content (AvgIpc) is 3.10. The van der Waals surface area contributed by atoms with Crippen molar-refractivity contribution in [3.63, 3.8) is 0 Å². The molecule has 3 heterocycles. The van der Waals surface area contributed by atoms with Crippen molar-refractivity contribution in [3.05, 3.63) is 129 Å². The molecule has 0 saturated carbocycles. The molecule has 5 aromatic rings. The third kappa shape index (κ3) is 8.36. The number of aromatic nitrogens is 4. The van der Waals surface area contributed by atoms with E-state index in [2.05, 4.69) is 42.8 Å². The summed E-state index contributed by atoms with van der Waals surface area (Å²) in [5, 5.41) is 10.00. The van der Waals surface area contributed by atoms with E-state index in [1.54, 1.807) is 30.5 Å². The fraction of sp³-hybridized carbons (Fsp3) is 0.222. The van der Waals surface area contributed by atoms with Crippen molar-refractivity contribution >= 4 is 52.0 Å². The van der Waals surface area contributed by atoms with Gasteiger partial charge < -0.3 is 20.9 Å². The van der Waals surface area contributed by atoms with Crippen molar-refractivity contribution in [2.45, 2.75) is 25.4 Å². The monoisotopic (exact) mass is 698 g/mol. The molecule has 1 fully saturated rings. The van der Waals surface area contributed by atoms with E-state index >= 15 is 0 Å². The molecular weight excluding hydrogens is 666 g/mol. The van der Waals surface area contributed by atoms with Crippen LogP contribution < -0.4 is 21.5 Å². The molecule has 0 bridgehead atoms. The van der Waals surface area contributed by atoms with Crippen LogP contribution in [0.15, 0.2) is 84.2 Å². The number of amides is 2. The molecule has 0 radical (unpaired) electrons. The van der Waals surface area contributed by atoms with Crippen molar-refractivity contribution in [2.24, 2.45) is 0 Å². The van der Waals surface area contributed by atoms with Crippen LogP contribution in [0.2, 0.25) is 5.02 Å². The zero-order chi connectivity index (χ0) is 35.2. The number of piperidine rings is 1. The minimum absolute atomic E-state index is 0.0757. The first-order valence-corrected chi connectivity index (χ1v) is 16.3. The molecule has 11 nitrogen and oxygen atoms in total. The Bertz CT molecular complexity index is 2150. The second kappa shape index (κ2) is 15.3. The van der Waals surface area contributed by atoms with Gasteiger partial charge in [-0.1, -0.05) is 35.9 Å². The number of nitrogens with one attached hydrogen (secondary N) is 3. The Morgan fingerprint density at radius 3 is 2.58 bits per heavy atom. The van der Waals surface area contributed by atoms with Gasteiger partial charge in [0, 0.05) is 36.1 Å². The van der Waals surface area contributed by atoms with E-state index in [1.165, 1.54) is 12.4 Å². The number of halogens is 3. The Morgan fingerprint density at radius 1 is 0.980 bits per heavy atom. The summed E-state index contributed by atoms with van der Waals surface area (Å²) in [5.41, 5.74) is 2.15. The van der Waals surface area contributed by atoms with Crippen molar-refractivity contribution < 1.29 is 18.4 Å². The molecule has 0 unspecified atom stereocenters. The molecule has 0 aliphatic carbocycles. The molecule has 2 amide bonds. The van der Waals surface area contributed by atoms with Crippen LogP contribution in [0.3, 0.4) is 0 Å².